The number of fused-ring (bicyclic) bond motifs is 1. The molecule has 0 radical (unpaired) electrons. The largest absolute Gasteiger partial charge is 0.316 e. The normalized spacial score (nSPS) is 19.0. The zero-order chi connectivity index (χ0) is 14.9. The number of nitrogens with one attached hydrogen (secondary N) is 2. The van der Waals surface area contributed by atoms with Crippen LogP contribution in [0.2, 0.25) is 5.02 Å². The summed E-state index contributed by atoms with van der Waals surface area (Å²) in [5.74, 6) is 0.373. The second-order valence-corrected chi connectivity index (χ2v) is 8.83. The van der Waals surface area contributed by atoms with Crippen molar-refractivity contribution >= 4 is 55.5 Å². The molecule has 1 aliphatic heterocycles. The van der Waals surface area contributed by atoms with Crippen molar-refractivity contribution in [3.05, 3.63) is 29.3 Å². The van der Waals surface area contributed by atoms with Crippen LogP contribution in [0.15, 0.2) is 28.5 Å². The molecule has 2 aromatic rings. The van der Waals surface area contributed by atoms with E-state index in [-0.39, 0.29) is 12.4 Å². The molecule has 3 rings (SSSR count). The summed E-state index contributed by atoms with van der Waals surface area (Å²) in [5.41, 5.74) is 0. The van der Waals surface area contributed by atoms with E-state index >= 15 is 0 Å². The molecular weight excluding hydrogens is 363 g/mol. The van der Waals surface area contributed by atoms with Gasteiger partial charge in [-0.05, 0) is 61.5 Å². The zero-order valence-electron chi connectivity index (χ0n) is 11.8. The van der Waals surface area contributed by atoms with Gasteiger partial charge in [0.1, 0.15) is 4.21 Å². The Morgan fingerprint density at radius 1 is 1.36 bits per heavy atom. The van der Waals surface area contributed by atoms with Gasteiger partial charge in [-0.2, -0.15) is 0 Å². The Balaban J connectivity index is 0.00000176. The first-order valence-corrected chi connectivity index (χ1v) is 9.62. The molecule has 1 unspecified atom stereocenters. The second-order valence-electron chi connectivity index (χ2n) is 5.31. The minimum absolute atomic E-state index is 0. The summed E-state index contributed by atoms with van der Waals surface area (Å²) in [7, 11) is -3.44. The third-order valence-electron chi connectivity index (χ3n) is 3.68. The molecule has 0 spiro atoms. The minimum Gasteiger partial charge on any atom is -0.316 e. The molecule has 0 saturated carbocycles. The van der Waals surface area contributed by atoms with Crippen LogP contribution in [-0.4, -0.2) is 28.1 Å². The van der Waals surface area contributed by atoms with Gasteiger partial charge >= 0.3 is 0 Å². The van der Waals surface area contributed by atoms with Crippen LogP contribution in [0.25, 0.3) is 10.1 Å². The standard InChI is InChI=1S/C14H17ClN2O2S2.ClH/c15-12-3-4-13-11(6-12)7-14(20-13)21(18,19)17-9-10-2-1-5-16-8-10;/h3-4,6-7,10,16-17H,1-2,5,8-9H2;1H. The molecule has 0 bridgehead atoms. The molecule has 0 amide bonds. The number of rotatable bonds is 4. The average molecular weight is 381 g/mol. The molecule has 1 aromatic carbocycles. The lowest BCUT2D eigenvalue weighted by Gasteiger charge is -2.22. The Bertz CT molecular complexity index is 740. The highest BCUT2D eigenvalue weighted by Gasteiger charge is 2.20. The first-order valence-electron chi connectivity index (χ1n) is 6.94. The Labute approximate surface area is 145 Å². The first-order chi connectivity index (χ1) is 10.0. The molecule has 1 saturated heterocycles. The lowest BCUT2D eigenvalue weighted by Crippen LogP contribution is -2.37. The zero-order valence-corrected chi connectivity index (χ0v) is 15.0. The van der Waals surface area contributed by atoms with Crippen LogP contribution >= 0.6 is 35.3 Å². The van der Waals surface area contributed by atoms with Crippen molar-refractivity contribution in [1.29, 1.82) is 0 Å². The minimum atomic E-state index is -3.44. The Morgan fingerprint density at radius 3 is 2.91 bits per heavy atom. The van der Waals surface area contributed by atoms with Gasteiger partial charge in [0.05, 0.1) is 0 Å². The number of thiophene rings is 1. The summed E-state index contributed by atoms with van der Waals surface area (Å²) in [6.07, 6.45) is 2.17. The van der Waals surface area contributed by atoms with Gasteiger partial charge < -0.3 is 5.32 Å². The van der Waals surface area contributed by atoms with Crippen LogP contribution in [0.4, 0.5) is 0 Å². The monoisotopic (exact) mass is 380 g/mol. The van der Waals surface area contributed by atoms with E-state index in [1.165, 1.54) is 11.3 Å². The molecule has 122 valence electrons. The fourth-order valence-electron chi connectivity index (χ4n) is 2.52. The Kier molecular flexibility index (Phi) is 6.10. The SMILES string of the molecule is Cl.O=S(=O)(NCC1CCCNC1)c1cc2cc(Cl)ccc2s1. The first kappa shape index (κ1) is 18.0. The molecule has 8 heteroatoms. The van der Waals surface area contributed by atoms with Crippen molar-refractivity contribution in [3.63, 3.8) is 0 Å². The number of halogens is 2. The van der Waals surface area contributed by atoms with Gasteiger partial charge in [-0.1, -0.05) is 11.6 Å². The lowest BCUT2D eigenvalue weighted by atomic mass is 10.0. The third-order valence-corrected chi connectivity index (χ3v) is 6.93. The summed E-state index contributed by atoms with van der Waals surface area (Å²) in [6.45, 7) is 2.40. The predicted molar refractivity (Wildman–Crippen MR) is 94.9 cm³/mol. The molecule has 1 aliphatic rings. The van der Waals surface area contributed by atoms with E-state index in [0.717, 1.165) is 36.0 Å². The highest BCUT2D eigenvalue weighted by Crippen LogP contribution is 2.30. The van der Waals surface area contributed by atoms with Crippen LogP contribution in [0.5, 0.6) is 0 Å². The number of hydrogen-bond acceptors (Lipinski definition) is 4. The topological polar surface area (TPSA) is 58.2 Å². The predicted octanol–water partition coefficient (Wildman–Crippen LogP) is 3.25. The number of benzene rings is 1. The van der Waals surface area contributed by atoms with Crippen LogP contribution in [0.1, 0.15) is 12.8 Å². The quantitative estimate of drug-likeness (QED) is 0.855. The molecule has 0 aliphatic carbocycles. The summed E-state index contributed by atoms with van der Waals surface area (Å²) in [5, 5.41) is 4.78. The van der Waals surface area contributed by atoms with Crippen LogP contribution in [0.3, 0.4) is 0 Å². The summed E-state index contributed by atoms with van der Waals surface area (Å²) in [6, 6.07) is 7.11. The molecule has 4 nitrogen and oxygen atoms in total. The van der Waals surface area contributed by atoms with E-state index in [2.05, 4.69) is 10.0 Å². The van der Waals surface area contributed by atoms with Gasteiger partial charge in [-0.25, -0.2) is 13.1 Å². The van der Waals surface area contributed by atoms with Gasteiger partial charge in [0.25, 0.3) is 0 Å². The summed E-state index contributed by atoms with van der Waals surface area (Å²) in [4.78, 5) is 0. The van der Waals surface area contributed by atoms with E-state index < -0.39 is 10.0 Å². The van der Waals surface area contributed by atoms with Crippen LogP contribution in [-0.2, 0) is 10.0 Å². The maximum atomic E-state index is 12.4. The van der Waals surface area contributed by atoms with E-state index in [4.69, 9.17) is 11.6 Å². The smallest absolute Gasteiger partial charge is 0.250 e. The van der Waals surface area contributed by atoms with Gasteiger partial charge in [0.15, 0.2) is 0 Å². The maximum absolute atomic E-state index is 12.4. The fraction of sp³-hybridized carbons (Fsp3) is 0.429. The molecule has 22 heavy (non-hydrogen) atoms. The highest BCUT2D eigenvalue weighted by molar-refractivity contribution is 7.91. The van der Waals surface area contributed by atoms with Crippen molar-refractivity contribution in [2.24, 2.45) is 5.92 Å². The fourth-order valence-corrected chi connectivity index (χ4v) is 5.24. The van der Waals surface area contributed by atoms with Crippen molar-refractivity contribution in [2.75, 3.05) is 19.6 Å². The number of sulfonamides is 1. The van der Waals surface area contributed by atoms with Crippen molar-refractivity contribution in [3.8, 4) is 0 Å². The summed E-state index contributed by atoms with van der Waals surface area (Å²) >= 11 is 7.21. The van der Waals surface area contributed by atoms with E-state index in [9.17, 15) is 8.42 Å². The molecule has 2 heterocycles. The highest BCUT2D eigenvalue weighted by atomic mass is 35.5. The van der Waals surface area contributed by atoms with Gasteiger partial charge in [-0.15, -0.1) is 23.7 Å². The van der Waals surface area contributed by atoms with E-state index in [1.54, 1.807) is 18.2 Å². The van der Waals surface area contributed by atoms with Crippen molar-refractivity contribution in [1.82, 2.24) is 10.0 Å². The molecular formula is C14H18Cl2N2O2S2. The Hall–Kier alpha value is -0.370. The van der Waals surface area contributed by atoms with Crippen molar-refractivity contribution < 1.29 is 8.42 Å². The van der Waals surface area contributed by atoms with E-state index in [0.29, 0.717) is 21.7 Å². The van der Waals surface area contributed by atoms with E-state index in [1.807, 2.05) is 6.07 Å². The number of hydrogen-bond donors (Lipinski definition) is 2. The molecule has 1 atom stereocenters. The Morgan fingerprint density at radius 2 is 2.18 bits per heavy atom. The van der Waals surface area contributed by atoms with Gasteiger partial charge in [-0.3, -0.25) is 0 Å². The van der Waals surface area contributed by atoms with Crippen molar-refractivity contribution in [2.45, 2.75) is 17.1 Å². The van der Waals surface area contributed by atoms with Gasteiger partial charge in [0, 0.05) is 16.3 Å². The molecule has 1 aromatic heterocycles. The lowest BCUT2D eigenvalue weighted by molar-refractivity contribution is 0.376. The number of piperidine rings is 1. The molecule has 1 fully saturated rings. The third kappa shape index (κ3) is 4.13. The van der Waals surface area contributed by atoms with Crippen LogP contribution in [0, 0.1) is 5.92 Å². The maximum Gasteiger partial charge on any atom is 0.250 e. The van der Waals surface area contributed by atoms with Crippen LogP contribution < -0.4 is 10.0 Å². The molecule has 2 N–H and O–H groups in total. The summed E-state index contributed by atoms with van der Waals surface area (Å²) < 4.78 is 28.8. The van der Waals surface area contributed by atoms with Gasteiger partial charge in [0.2, 0.25) is 10.0 Å². The second kappa shape index (κ2) is 7.47. The average Bonchev–Trinajstić information content (AvgIpc) is 2.90.